The molecule has 2 aromatic rings. The van der Waals surface area contributed by atoms with Gasteiger partial charge in [-0.2, -0.15) is 0 Å². The van der Waals surface area contributed by atoms with Crippen LogP contribution in [0, 0.1) is 0 Å². The molecule has 0 spiro atoms. The summed E-state index contributed by atoms with van der Waals surface area (Å²) < 4.78 is 16.3. The van der Waals surface area contributed by atoms with Crippen molar-refractivity contribution in [1.29, 1.82) is 0 Å². The Labute approximate surface area is 138 Å². The van der Waals surface area contributed by atoms with Crippen molar-refractivity contribution in [3.63, 3.8) is 0 Å². The average Bonchev–Trinajstić information content (AvgIpc) is 2.59. The summed E-state index contributed by atoms with van der Waals surface area (Å²) >= 11 is 0. The van der Waals surface area contributed by atoms with E-state index >= 15 is 0 Å². The molecule has 0 bridgehead atoms. The van der Waals surface area contributed by atoms with E-state index in [1.807, 2.05) is 26.2 Å². The molecule has 1 atom stereocenters. The van der Waals surface area contributed by atoms with Crippen LogP contribution in [0.5, 0.6) is 17.2 Å². The number of rotatable bonds is 6. The van der Waals surface area contributed by atoms with Crippen LogP contribution in [0.15, 0.2) is 36.4 Å². The Kier molecular flexibility index (Phi) is 5.37. The number of hydrogen-bond donors (Lipinski definition) is 0. The molecule has 0 saturated heterocycles. The van der Waals surface area contributed by atoms with Crippen molar-refractivity contribution < 1.29 is 14.2 Å². The Hall–Kier alpha value is -2.36. The van der Waals surface area contributed by atoms with Crippen LogP contribution in [0.25, 0.3) is 0 Å². The number of nitrogens with zero attached hydrogens (tertiary/aromatic N) is 1. The summed E-state index contributed by atoms with van der Waals surface area (Å²) in [7, 11) is 8.97. The molecule has 0 saturated carbocycles. The summed E-state index contributed by atoms with van der Waals surface area (Å²) in [6.45, 7) is 2.17. The Bertz CT molecular complexity index is 625. The van der Waals surface area contributed by atoms with E-state index in [1.54, 1.807) is 21.3 Å². The molecule has 2 rings (SSSR count). The highest BCUT2D eigenvalue weighted by Crippen LogP contribution is 2.41. The number of methoxy groups -OCH3 is 3. The van der Waals surface area contributed by atoms with Gasteiger partial charge in [-0.15, -0.1) is 0 Å². The molecule has 0 aromatic heterocycles. The molecule has 0 heterocycles. The van der Waals surface area contributed by atoms with Gasteiger partial charge in [0.05, 0.1) is 21.3 Å². The minimum atomic E-state index is 0.222. The van der Waals surface area contributed by atoms with Crippen molar-refractivity contribution in [2.24, 2.45) is 0 Å². The Morgan fingerprint density at radius 1 is 0.783 bits per heavy atom. The van der Waals surface area contributed by atoms with E-state index in [2.05, 4.69) is 36.1 Å². The van der Waals surface area contributed by atoms with Crippen LogP contribution in [-0.4, -0.2) is 35.4 Å². The van der Waals surface area contributed by atoms with Gasteiger partial charge in [0.15, 0.2) is 11.5 Å². The summed E-state index contributed by atoms with van der Waals surface area (Å²) in [6.07, 6.45) is 0. The predicted molar refractivity (Wildman–Crippen MR) is 94.4 cm³/mol. The fourth-order valence-electron chi connectivity index (χ4n) is 2.60. The minimum Gasteiger partial charge on any atom is -0.493 e. The van der Waals surface area contributed by atoms with Crippen LogP contribution in [0.1, 0.15) is 24.0 Å². The lowest BCUT2D eigenvalue weighted by Gasteiger charge is -2.19. The zero-order valence-electron chi connectivity index (χ0n) is 14.7. The highest BCUT2D eigenvalue weighted by Gasteiger charge is 2.17. The fourth-order valence-corrected chi connectivity index (χ4v) is 2.60. The van der Waals surface area contributed by atoms with Gasteiger partial charge in [0.25, 0.3) is 0 Å². The first-order chi connectivity index (χ1) is 11.0. The summed E-state index contributed by atoms with van der Waals surface area (Å²) in [4.78, 5) is 2.09. The van der Waals surface area contributed by atoms with E-state index in [4.69, 9.17) is 14.2 Å². The molecule has 0 radical (unpaired) electrons. The minimum absolute atomic E-state index is 0.222. The molecule has 0 amide bonds. The molecular formula is C19H25NO3. The molecule has 0 aliphatic rings. The SMILES string of the molecule is COc1cc(C(C)c2ccc(N(C)C)cc2)cc(OC)c1OC. The van der Waals surface area contributed by atoms with E-state index in [0.717, 1.165) is 5.56 Å². The van der Waals surface area contributed by atoms with E-state index in [0.29, 0.717) is 17.2 Å². The van der Waals surface area contributed by atoms with Crippen molar-refractivity contribution >= 4 is 5.69 Å². The maximum atomic E-state index is 5.44. The molecule has 124 valence electrons. The second kappa shape index (κ2) is 7.27. The fraction of sp³-hybridized carbons (Fsp3) is 0.368. The van der Waals surface area contributed by atoms with Gasteiger partial charge in [0.1, 0.15) is 0 Å². The predicted octanol–water partition coefficient (Wildman–Crippen LogP) is 3.93. The van der Waals surface area contributed by atoms with E-state index < -0.39 is 0 Å². The first kappa shape index (κ1) is 17.0. The Balaban J connectivity index is 2.40. The molecule has 0 aliphatic heterocycles. The zero-order valence-corrected chi connectivity index (χ0v) is 14.7. The number of hydrogen-bond acceptors (Lipinski definition) is 4. The molecular weight excluding hydrogens is 290 g/mol. The highest BCUT2D eigenvalue weighted by molar-refractivity contribution is 5.56. The molecule has 2 aromatic carbocycles. The lowest BCUT2D eigenvalue weighted by atomic mass is 9.92. The third-order valence-corrected chi connectivity index (χ3v) is 4.10. The molecule has 4 nitrogen and oxygen atoms in total. The van der Waals surface area contributed by atoms with Gasteiger partial charge in [-0.05, 0) is 35.4 Å². The van der Waals surface area contributed by atoms with Crippen molar-refractivity contribution in [2.45, 2.75) is 12.8 Å². The quantitative estimate of drug-likeness (QED) is 0.808. The molecule has 1 unspecified atom stereocenters. The number of anilines is 1. The van der Waals surface area contributed by atoms with Crippen molar-refractivity contribution in [3.05, 3.63) is 47.5 Å². The Morgan fingerprint density at radius 3 is 1.70 bits per heavy atom. The summed E-state index contributed by atoms with van der Waals surface area (Å²) in [5.41, 5.74) is 3.55. The average molecular weight is 315 g/mol. The van der Waals surface area contributed by atoms with Crippen LogP contribution >= 0.6 is 0 Å². The molecule has 0 aliphatic carbocycles. The summed E-state index contributed by atoms with van der Waals surface area (Å²) in [5, 5.41) is 0. The van der Waals surface area contributed by atoms with Crippen molar-refractivity contribution in [1.82, 2.24) is 0 Å². The van der Waals surface area contributed by atoms with E-state index in [-0.39, 0.29) is 5.92 Å². The van der Waals surface area contributed by atoms with Crippen LogP contribution < -0.4 is 19.1 Å². The standard InChI is InChI=1S/C19H25NO3/c1-13(14-7-9-16(10-8-14)20(2)3)15-11-17(21-4)19(23-6)18(12-15)22-5/h7-13H,1-6H3. The monoisotopic (exact) mass is 315 g/mol. The van der Waals surface area contributed by atoms with Gasteiger partial charge in [-0.3, -0.25) is 0 Å². The highest BCUT2D eigenvalue weighted by atomic mass is 16.5. The maximum absolute atomic E-state index is 5.44. The Morgan fingerprint density at radius 2 is 1.30 bits per heavy atom. The lowest BCUT2D eigenvalue weighted by Crippen LogP contribution is -2.08. The van der Waals surface area contributed by atoms with Gasteiger partial charge in [-0.25, -0.2) is 0 Å². The first-order valence-corrected chi connectivity index (χ1v) is 7.59. The van der Waals surface area contributed by atoms with Gasteiger partial charge in [0.2, 0.25) is 5.75 Å². The second-order valence-corrected chi connectivity index (χ2v) is 5.67. The molecule has 4 heteroatoms. The normalized spacial score (nSPS) is 11.7. The van der Waals surface area contributed by atoms with Crippen LogP contribution in [0.2, 0.25) is 0 Å². The first-order valence-electron chi connectivity index (χ1n) is 7.59. The zero-order chi connectivity index (χ0) is 17.0. The molecule has 23 heavy (non-hydrogen) atoms. The van der Waals surface area contributed by atoms with Gasteiger partial charge >= 0.3 is 0 Å². The summed E-state index contributed by atoms with van der Waals surface area (Å²) in [5.74, 6) is 2.20. The third kappa shape index (κ3) is 3.52. The van der Waals surface area contributed by atoms with Crippen LogP contribution in [0.3, 0.4) is 0 Å². The van der Waals surface area contributed by atoms with E-state index in [9.17, 15) is 0 Å². The smallest absolute Gasteiger partial charge is 0.203 e. The van der Waals surface area contributed by atoms with Gasteiger partial charge < -0.3 is 19.1 Å². The second-order valence-electron chi connectivity index (χ2n) is 5.67. The van der Waals surface area contributed by atoms with Gasteiger partial charge in [0, 0.05) is 25.7 Å². The topological polar surface area (TPSA) is 30.9 Å². The molecule has 0 N–H and O–H groups in total. The van der Waals surface area contributed by atoms with Gasteiger partial charge in [-0.1, -0.05) is 19.1 Å². The largest absolute Gasteiger partial charge is 0.493 e. The van der Waals surface area contributed by atoms with E-state index in [1.165, 1.54) is 11.3 Å². The number of benzene rings is 2. The van der Waals surface area contributed by atoms with Crippen molar-refractivity contribution in [2.75, 3.05) is 40.3 Å². The molecule has 0 fully saturated rings. The third-order valence-electron chi connectivity index (χ3n) is 4.10. The van der Waals surface area contributed by atoms with Crippen LogP contribution in [-0.2, 0) is 0 Å². The lowest BCUT2D eigenvalue weighted by molar-refractivity contribution is 0.323. The van der Waals surface area contributed by atoms with Crippen LogP contribution in [0.4, 0.5) is 5.69 Å². The van der Waals surface area contributed by atoms with Crippen molar-refractivity contribution in [3.8, 4) is 17.2 Å². The number of ether oxygens (including phenoxy) is 3. The maximum Gasteiger partial charge on any atom is 0.203 e. The summed E-state index contributed by atoms with van der Waals surface area (Å²) in [6, 6.07) is 12.6.